The number of hydrogen-bond acceptors (Lipinski definition) is 8. The van der Waals surface area contributed by atoms with Gasteiger partial charge in [0, 0.05) is 23.5 Å². The summed E-state index contributed by atoms with van der Waals surface area (Å²) in [4.78, 5) is 12.2. The van der Waals surface area contributed by atoms with Crippen LogP contribution in [0, 0.1) is 11.3 Å². The van der Waals surface area contributed by atoms with E-state index in [-0.39, 0.29) is 11.1 Å². The molecular weight excluding hydrogens is 488 g/mol. The second-order valence-electron chi connectivity index (χ2n) is 8.30. The van der Waals surface area contributed by atoms with Gasteiger partial charge in [0.2, 0.25) is 0 Å². The van der Waals surface area contributed by atoms with Crippen LogP contribution in [0.15, 0.2) is 71.5 Å². The summed E-state index contributed by atoms with van der Waals surface area (Å²) in [6.45, 7) is 1.42. The molecule has 2 aromatic carbocycles. The zero-order valence-electron chi connectivity index (χ0n) is 20.0. The Morgan fingerprint density at radius 3 is 2.62 bits per heavy atom. The average molecular weight is 513 g/mol. The first-order chi connectivity index (χ1) is 18.2. The van der Waals surface area contributed by atoms with Crippen LogP contribution in [-0.2, 0) is 17.6 Å². The van der Waals surface area contributed by atoms with Gasteiger partial charge in [-0.2, -0.15) is 14.9 Å². The minimum absolute atomic E-state index is 0.210. The predicted octanol–water partition coefficient (Wildman–Crippen LogP) is 4.03. The van der Waals surface area contributed by atoms with Crippen LogP contribution in [0.2, 0.25) is 0 Å². The van der Waals surface area contributed by atoms with Crippen molar-refractivity contribution in [2.24, 2.45) is 0 Å². The summed E-state index contributed by atoms with van der Waals surface area (Å²) in [6, 6.07) is 23.7. The van der Waals surface area contributed by atoms with Gasteiger partial charge in [-0.05, 0) is 42.7 Å². The van der Waals surface area contributed by atoms with E-state index in [1.807, 2.05) is 72.8 Å². The molecule has 0 fully saturated rings. The molecule has 0 aliphatic carbocycles. The first-order valence-corrected chi connectivity index (χ1v) is 12.7. The van der Waals surface area contributed by atoms with E-state index in [1.165, 1.54) is 11.5 Å². The molecule has 0 aliphatic rings. The summed E-state index contributed by atoms with van der Waals surface area (Å²) >= 11 is 1.22. The van der Waals surface area contributed by atoms with Gasteiger partial charge >= 0.3 is 0 Å². The van der Waals surface area contributed by atoms with E-state index in [0.717, 1.165) is 39.7 Å². The summed E-state index contributed by atoms with van der Waals surface area (Å²) < 4.78 is 15.8. The largest absolute Gasteiger partial charge is 0.491 e. The van der Waals surface area contributed by atoms with Crippen molar-refractivity contribution >= 4 is 17.2 Å². The molecule has 0 spiro atoms. The van der Waals surface area contributed by atoms with E-state index in [0.29, 0.717) is 38.3 Å². The van der Waals surface area contributed by atoms with E-state index in [4.69, 9.17) is 19.8 Å². The van der Waals surface area contributed by atoms with E-state index < -0.39 is 0 Å². The SMILES string of the molecule is N#Cc1c(CCCOCCOc2ccc(Cc3nnc4ccc(-c5ccccc5)nn34)cc2)s[nH]c1=O. The molecule has 9 nitrogen and oxygen atoms in total. The number of nitrogens with zero attached hydrogens (tertiary/aromatic N) is 5. The number of fused-ring (bicyclic) bond motifs is 1. The van der Waals surface area contributed by atoms with Gasteiger partial charge in [-0.25, -0.2) is 0 Å². The zero-order chi connectivity index (χ0) is 25.5. The third-order valence-electron chi connectivity index (χ3n) is 5.76. The molecule has 5 aromatic rings. The van der Waals surface area contributed by atoms with Crippen LogP contribution < -0.4 is 10.3 Å². The van der Waals surface area contributed by atoms with Crippen LogP contribution in [-0.4, -0.2) is 44.0 Å². The van der Waals surface area contributed by atoms with E-state index in [9.17, 15) is 4.79 Å². The molecule has 10 heteroatoms. The van der Waals surface area contributed by atoms with Crippen LogP contribution in [0.1, 0.15) is 28.2 Å². The predicted molar refractivity (Wildman–Crippen MR) is 140 cm³/mol. The number of nitriles is 1. The number of hydrogen-bond donors (Lipinski definition) is 1. The smallest absolute Gasteiger partial charge is 0.276 e. The Balaban J connectivity index is 1.09. The Hall–Kier alpha value is -4.33. The number of benzene rings is 2. The lowest BCUT2D eigenvalue weighted by atomic mass is 10.1. The van der Waals surface area contributed by atoms with Crippen molar-refractivity contribution in [2.45, 2.75) is 19.3 Å². The fourth-order valence-electron chi connectivity index (χ4n) is 3.87. The van der Waals surface area contributed by atoms with E-state index in [1.54, 1.807) is 4.52 Å². The number of nitrogens with one attached hydrogen (secondary N) is 1. The van der Waals surface area contributed by atoms with Crippen LogP contribution in [0.4, 0.5) is 0 Å². The Kier molecular flexibility index (Phi) is 7.64. The first-order valence-electron chi connectivity index (χ1n) is 11.9. The number of H-pyrrole nitrogens is 1. The Morgan fingerprint density at radius 1 is 0.973 bits per heavy atom. The fourth-order valence-corrected chi connectivity index (χ4v) is 4.68. The lowest BCUT2D eigenvalue weighted by Crippen LogP contribution is -2.08. The average Bonchev–Trinajstić information content (AvgIpc) is 3.51. The molecule has 186 valence electrons. The molecule has 1 N–H and O–H groups in total. The summed E-state index contributed by atoms with van der Waals surface area (Å²) in [5, 5.41) is 22.3. The van der Waals surface area contributed by atoms with Crippen molar-refractivity contribution < 1.29 is 9.47 Å². The summed E-state index contributed by atoms with van der Waals surface area (Å²) in [7, 11) is 0. The second kappa shape index (κ2) is 11.6. The molecule has 0 bridgehead atoms. The molecule has 0 unspecified atom stereocenters. The number of aryl methyl sites for hydroxylation is 1. The highest BCUT2D eigenvalue weighted by molar-refractivity contribution is 7.05. The molecule has 0 atom stereocenters. The second-order valence-corrected chi connectivity index (χ2v) is 9.20. The van der Waals surface area contributed by atoms with Gasteiger partial charge in [0.1, 0.15) is 24.0 Å². The van der Waals surface area contributed by atoms with Crippen LogP contribution in [0.3, 0.4) is 0 Å². The number of ether oxygens (including phenoxy) is 2. The molecule has 0 saturated heterocycles. The zero-order valence-corrected chi connectivity index (χ0v) is 20.8. The molecule has 0 radical (unpaired) electrons. The normalized spacial score (nSPS) is 11.0. The fraction of sp³-hybridized carbons (Fsp3) is 0.222. The Labute approximate surface area is 217 Å². The summed E-state index contributed by atoms with van der Waals surface area (Å²) in [6.07, 6.45) is 1.97. The molecule has 0 amide bonds. The summed E-state index contributed by atoms with van der Waals surface area (Å²) in [5.41, 5.74) is 3.60. The maximum atomic E-state index is 11.5. The van der Waals surface area contributed by atoms with Gasteiger partial charge < -0.3 is 9.47 Å². The van der Waals surface area contributed by atoms with Gasteiger partial charge in [-0.3, -0.25) is 9.17 Å². The summed E-state index contributed by atoms with van der Waals surface area (Å²) in [5.74, 6) is 1.53. The maximum absolute atomic E-state index is 11.5. The van der Waals surface area contributed by atoms with Crippen molar-refractivity contribution in [1.82, 2.24) is 24.2 Å². The standard InChI is InChI=1S/C27H24N6O3S/c28-18-22-24(37-32-27(22)34)7-4-14-35-15-16-36-21-10-8-19(9-11-21)17-26-30-29-25-13-12-23(31-33(25)26)20-5-2-1-3-6-20/h1-3,5-6,8-13H,4,7,14-17H2,(H,32,34). The molecule has 3 aromatic heterocycles. The van der Waals surface area contributed by atoms with Gasteiger partial charge in [0.15, 0.2) is 11.5 Å². The quantitative estimate of drug-likeness (QED) is 0.265. The Bertz CT molecular complexity index is 1570. The molecule has 5 rings (SSSR count). The van der Waals surface area contributed by atoms with Gasteiger partial charge in [-0.1, -0.05) is 54.0 Å². The van der Waals surface area contributed by atoms with Crippen molar-refractivity contribution in [3.05, 3.63) is 98.9 Å². The number of aromatic amines is 1. The van der Waals surface area contributed by atoms with Gasteiger partial charge in [-0.15, -0.1) is 10.2 Å². The highest BCUT2D eigenvalue weighted by Gasteiger charge is 2.11. The third-order valence-corrected chi connectivity index (χ3v) is 6.70. The number of aromatic nitrogens is 5. The van der Waals surface area contributed by atoms with Crippen LogP contribution in [0.5, 0.6) is 5.75 Å². The maximum Gasteiger partial charge on any atom is 0.276 e. The van der Waals surface area contributed by atoms with E-state index in [2.05, 4.69) is 14.6 Å². The number of rotatable bonds is 11. The molecule has 3 heterocycles. The van der Waals surface area contributed by atoms with Gasteiger partial charge in [0.25, 0.3) is 5.56 Å². The van der Waals surface area contributed by atoms with Crippen molar-refractivity contribution in [3.63, 3.8) is 0 Å². The van der Waals surface area contributed by atoms with Crippen molar-refractivity contribution in [3.8, 4) is 23.1 Å². The minimum Gasteiger partial charge on any atom is -0.491 e. The topological polar surface area (TPSA) is 118 Å². The lowest BCUT2D eigenvalue weighted by molar-refractivity contribution is 0.0986. The lowest BCUT2D eigenvalue weighted by Gasteiger charge is -2.08. The molecular formula is C27H24N6O3S. The van der Waals surface area contributed by atoms with E-state index >= 15 is 0 Å². The molecule has 37 heavy (non-hydrogen) atoms. The monoisotopic (exact) mass is 512 g/mol. The molecule has 0 aliphatic heterocycles. The highest BCUT2D eigenvalue weighted by atomic mass is 32.1. The van der Waals surface area contributed by atoms with Crippen molar-refractivity contribution in [1.29, 1.82) is 5.26 Å². The third kappa shape index (κ3) is 5.91. The molecule has 0 saturated carbocycles. The minimum atomic E-state index is -0.313. The Morgan fingerprint density at radius 2 is 1.81 bits per heavy atom. The van der Waals surface area contributed by atoms with Gasteiger partial charge in [0.05, 0.1) is 12.3 Å². The highest BCUT2D eigenvalue weighted by Crippen LogP contribution is 2.19. The van der Waals surface area contributed by atoms with Crippen LogP contribution in [0.25, 0.3) is 16.9 Å². The van der Waals surface area contributed by atoms with Crippen molar-refractivity contribution in [2.75, 3.05) is 19.8 Å². The first kappa shape index (κ1) is 24.4. The van der Waals surface area contributed by atoms with Crippen LogP contribution >= 0.6 is 11.5 Å².